The minimum absolute atomic E-state index is 0.0170. The Bertz CT molecular complexity index is 1550. The number of carbonyl (C=O) groups is 2. The summed E-state index contributed by atoms with van der Waals surface area (Å²) in [6.07, 6.45) is 4.02. The Labute approximate surface area is 268 Å². The summed E-state index contributed by atoms with van der Waals surface area (Å²) in [5, 5.41) is 3.78. The maximum Gasteiger partial charge on any atom is 0.264 e. The number of nitrogens with one attached hydrogen (secondary N) is 1. The quantitative estimate of drug-likeness (QED) is 0.223. The maximum atomic E-state index is 14.2. The van der Waals surface area contributed by atoms with Crippen LogP contribution in [0.3, 0.4) is 0 Å². The van der Waals surface area contributed by atoms with Crippen molar-refractivity contribution in [3.63, 3.8) is 0 Å². The molecule has 1 saturated carbocycles. The highest BCUT2D eigenvalue weighted by Gasteiger charge is 2.35. The fourth-order valence-corrected chi connectivity index (χ4v) is 7.14. The number of hydrogen-bond acceptors (Lipinski definition) is 5. The molecule has 44 heavy (non-hydrogen) atoms. The van der Waals surface area contributed by atoms with E-state index in [1.165, 1.54) is 41.3 Å². The van der Waals surface area contributed by atoms with Crippen LogP contribution in [-0.2, 0) is 26.2 Å². The first kappa shape index (κ1) is 33.6. The van der Waals surface area contributed by atoms with Gasteiger partial charge in [-0.15, -0.1) is 0 Å². The van der Waals surface area contributed by atoms with Gasteiger partial charge in [0.25, 0.3) is 10.0 Å². The van der Waals surface area contributed by atoms with Gasteiger partial charge in [-0.1, -0.05) is 49.0 Å². The van der Waals surface area contributed by atoms with Gasteiger partial charge in [-0.05, 0) is 92.4 Å². The zero-order valence-electron chi connectivity index (χ0n) is 24.6. The average molecular weight is 665 g/mol. The predicted octanol–water partition coefficient (Wildman–Crippen LogP) is 6.59. The van der Waals surface area contributed by atoms with Gasteiger partial charge in [0.15, 0.2) is 0 Å². The number of nitrogens with zero attached hydrogens (tertiary/aromatic N) is 2. The molecule has 236 valence electrons. The van der Waals surface area contributed by atoms with Crippen molar-refractivity contribution >= 4 is 50.7 Å². The van der Waals surface area contributed by atoms with E-state index in [0.717, 1.165) is 42.1 Å². The van der Waals surface area contributed by atoms with Crippen molar-refractivity contribution in [1.29, 1.82) is 0 Å². The molecule has 1 N–H and O–H groups in total. The van der Waals surface area contributed by atoms with E-state index in [4.69, 9.17) is 27.9 Å². The Balaban J connectivity index is 1.72. The number of sulfonamides is 1. The lowest BCUT2D eigenvalue weighted by Crippen LogP contribution is -2.53. The van der Waals surface area contributed by atoms with Gasteiger partial charge in [0.05, 0.1) is 17.2 Å². The van der Waals surface area contributed by atoms with E-state index in [2.05, 4.69) is 5.32 Å². The van der Waals surface area contributed by atoms with Crippen molar-refractivity contribution in [2.45, 2.75) is 69.5 Å². The maximum absolute atomic E-state index is 14.2. The van der Waals surface area contributed by atoms with Crippen LogP contribution in [0.4, 0.5) is 10.1 Å². The number of ether oxygens (including phenoxy) is 1. The number of benzene rings is 3. The summed E-state index contributed by atoms with van der Waals surface area (Å²) in [5.74, 6) is -1.03. The molecule has 0 radical (unpaired) electrons. The lowest BCUT2D eigenvalue weighted by atomic mass is 10.1. The first-order valence-corrected chi connectivity index (χ1v) is 16.8. The molecule has 0 aliphatic heterocycles. The second kappa shape index (κ2) is 15.1. The smallest absolute Gasteiger partial charge is 0.264 e. The van der Waals surface area contributed by atoms with Crippen LogP contribution in [0.1, 0.15) is 51.5 Å². The Morgan fingerprint density at radius 2 is 1.66 bits per heavy atom. The van der Waals surface area contributed by atoms with Crippen LogP contribution >= 0.6 is 23.2 Å². The van der Waals surface area contributed by atoms with Crippen LogP contribution in [0.2, 0.25) is 10.0 Å². The summed E-state index contributed by atoms with van der Waals surface area (Å²) in [6, 6.07) is 14.6. The van der Waals surface area contributed by atoms with Gasteiger partial charge >= 0.3 is 0 Å². The third-order valence-electron chi connectivity index (χ3n) is 7.56. The summed E-state index contributed by atoms with van der Waals surface area (Å²) in [4.78, 5) is 29.0. The van der Waals surface area contributed by atoms with E-state index in [1.54, 1.807) is 25.1 Å². The lowest BCUT2D eigenvalue weighted by Gasteiger charge is -2.34. The fourth-order valence-electron chi connectivity index (χ4n) is 5.26. The molecule has 1 aliphatic rings. The topological polar surface area (TPSA) is 96.0 Å². The summed E-state index contributed by atoms with van der Waals surface area (Å²) in [5.41, 5.74) is 0.626. The highest BCUT2D eigenvalue weighted by molar-refractivity contribution is 7.92. The van der Waals surface area contributed by atoms with Crippen molar-refractivity contribution in [1.82, 2.24) is 10.2 Å². The second-order valence-electron chi connectivity index (χ2n) is 10.6. The van der Waals surface area contributed by atoms with Gasteiger partial charge in [0, 0.05) is 22.6 Å². The van der Waals surface area contributed by atoms with Crippen molar-refractivity contribution in [2.24, 2.45) is 0 Å². The van der Waals surface area contributed by atoms with Crippen LogP contribution in [0.15, 0.2) is 71.6 Å². The van der Waals surface area contributed by atoms with E-state index in [-0.39, 0.29) is 35.5 Å². The minimum atomic E-state index is -4.32. The number of rotatable bonds is 13. The number of anilines is 1. The van der Waals surface area contributed by atoms with Crippen molar-refractivity contribution in [3.05, 3.63) is 88.2 Å². The summed E-state index contributed by atoms with van der Waals surface area (Å²) >= 11 is 12.6. The molecule has 1 unspecified atom stereocenters. The zero-order valence-corrected chi connectivity index (χ0v) is 27.0. The molecule has 8 nitrogen and oxygen atoms in total. The molecule has 1 atom stereocenters. The van der Waals surface area contributed by atoms with Gasteiger partial charge in [0.2, 0.25) is 11.8 Å². The molecule has 3 aromatic rings. The molecular formula is C32H36Cl2FN3O5S. The van der Waals surface area contributed by atoms with Crippen LogP contribution in [0, 0.1) is 5.82 Å². The zero-order chi connectivity index (χ0) is 31.9. The summed E-state index contributed by atoms with van der Waals surface area (Å²) in [6.45, 7) is 3.29. The SMILES string of the molecule is CCOc1ccc(S(=O)(=O)N(CC(=O)N(Cc2ccc(Cl)cc2Cl)C(CC)C(=O)NC2CCCC2)c2ccc(F)cc2)cc1. The molecule has 0 spiro atoms. The number of carbonyl (C=O) groups excluding carboxylic acids is 2. The molecule has 0 saturated heterocycles. The van der Waals surface area contributed by atoms with E-state index >= 15 is 0 Å². The largest absolute Gasteiger partial charge is 0.494 e. The van der Waals surface area contributed by atoms with E-state index < -0.39 is 34.3 Å². The third kappa shape index (κ3) is 8.22. The van der Waals surface area contributed by atoms with Crippen LogP contribution in [0.5, 0.6) is 5.75 Å². The average Bonchev–Trinajstić information content (AvgIpc) is 3.51. The molecule has 3 aromatic carbocycles. The van der Waals surface area contributed by atoms with Gasteiger partial charge in [0.1, 0.15) is 24.2 Å². The molecule has 2 amide bonds. The van der Waals surface area contributed by atoms with Crippen LogP contribution < -0.4 is 14.4 Å². The van der Waals surface area contributed by atoms with E-state index in [1.807, 2.05) is 6.92 Å². The highest BCUT2D eigenvalue weighted by Crippen LogP contribution is 2.28. The predicted molar refractivity (Wildman–Crippen MR) is 170 cm³/mol. The molecule has 12 heteroatoms. The first-order valence-electron chi connectivity index (χ1n) is 14.6. The van der Waals surface area contributed by atoms with Gasteiger partial charge in [-0.25, -0.2) is 12.8 Å². The van der Waals surface area contributed by atoms with E-state index in [0.29, 0.717) is 28.0 Å². The fraction of sp³-hybridized carbons (Fsp3) is 0.375. The van der Waals surface area contributed by atoms with Crippen molar-refractivity contribution < 1.29 is 27.1 Å². The number of amides is 2. The van der Waals surface area contributed by atoms with Crippen molar-refractivity contribution in [2.75, 3.05) is 17.5 Å². The Morgan fingerprint density at radius 3 is 2.25 bits per heavy atom. The van der Waals surface area contributed by atoms with E-state index in [9.17, 15) is 22.4 Å². The molecule has 0 bridgehead atoms. The van der Waals surface area contributed by atoms with Gasteiger partial charge < -0.3 is 15.0 Å². The van der Waals surface area contributed by atoms with Gasteiger partial charge in [-0.3, -0.25) is 13.9 Å². The summed E-state index contributed by atoms with van der Waals surface area (Å²) < 4.78 is 48.2. The van der Waals surface area contributed by atoms with Crippen molar-refractivity contribution in [3.8, 4) is 5.75 Å². The number of halogens is 3. The Kier molecular flexibility index (Phi) is 11.5. The minimum Gasteiger partial charge on any atom is -0.494 e. The molecule has 1 fully saturated rings. The standard InChI is InChI=1S/C32H36Cl2FN3O5S/c1-3-30(32(40)36-25-7-5-6-8-25)37(20-22-9-10-23(33)19-29(22)34)31(39)21-38(26-13-11-24(35)12-14-26)44(41,42)28-17-15-27(16-18-28)43-4-2/h9-19,25,30H,3-8,20-21H2,1-2H3,(H,36,40). The Hall–Kier alpha value is -3.34. The number of hydrogen-bond donors (Lipinski definition) is 1. The third-order valence-corrected chi connectivity index (χ3v) is 9.93. The Morgan fingerprint density at radius 1 is 1.00 bits per heavy atom. The first-order chi connectivity index (χ1) is 21.0. The monoisotopic (exact) mass is 663 g/mol. The van der Waals surface area contributed by atoms with Gasteiger partial charge in [-0.2, -0.15) is 0 Å². The highest BCUT2D eigenvalue weighted by atomic mass is 35.5. The van der Waals surface area contributed by atoms with Crippen LogP contribution in [-0.4, -0.2) is 50.4 Å². The molecular weight excluding hydrogens is 628 g/mol. The molecule has 4 rings (SSSR count). The molecule has 1 aliphatic carbocycles. The lowest BCUT2D eigenvalue weighted by molar-refractivity contribution is -0.140. The normalized spacial score (nSPS) is 14.2. The molecule has 0 heterocycles. The summed E-state index contributed by atoms with van der Waals surface area (Å²) in [7, 11) is -4.32. The van der Waals surface area contributed by atoms with Crippen LogP contribution in [0.25, 0.3) is 0 Å². The second-order valence-corrected chi connectivity index (χ2v) is 13.3. The molecule has 0 aromatic heterocycles.